The summed E-state index contributed by atoms with van der Waals surface area (Å²) in [6, 6.07) is 24.0. The van der Waals surface area contributed by atoms with Crippen LogP contribution in [0.1, 0.15) is 22.7 Å². The number of ether oxygens (including phenoxy) is 1. The van der Waals surface area contributed by atoms with Gasteiger partial charge in [-0.1, -0.05) is 72.3 Å². The number of fused-ring (bicyclic) bond motifs is 1. The van der Waals surface area contributed by atoms with Crippen LogP contribution in [0.15, 0.2) is 89.8 Å². The van der Waals surface area contributed by atoms with Gasteiger partial charge in [-0.15, -0.1) is 0 Å². The summed E-state index contributed by atoms with van der Waals surface area (Å²) in [6.07, 6.45) is 0. The fourth-order valence-electron chi connectivity index (χ4n) is 3.63. The fourth-order valence-corrected chi connectivity index (χ4v) is 4.84. The summed E-state index contributed by atoms with van der Waals surface area (Å²) in [5.41, 5.74) is 2.08. The Labute approximate surface area is 182 Å². The SMILES string of the molecule is COc1cc([C@@H](NS(=O)(=O)c2ccc(C)cc2)c2ccccc2)c(O)c2ccccc12. The number of methoxy groups -OCH3 is 1. The molecule has 6 heteroatoms. The van der Waals surface area contributed by atoms with Gasteiger partial charge in [0, 0.05) is 16.3 Å². The number of hydrogen-bond acceptors (Lipinski definition) is 4. The second-order valence-electron chi connectivity index (χ2n) is 7.34. The van der Waals surface area contributed by atoms with Gasteiger partial charge in [0.05, 0.1) is 18.0 Å². The minimum Gasteiger partial charge on any atom is -0.507 e. The smallest absolute Gasteiger partial charge is 0.241 e. The van der Waals surface area contributed by atoms with Gasteiger partial charge in [0.15, 0.2) is 0 Å². The number of phenols is 1. The normalized spacial score (nSPS) is 12.6. The van der Waals surface area contributed by atoms with Crippen molar-refractivity contribution in [3.05, 3.63) is 102 Å². The van der Waals surface area contributed by atoms with Crippen LogP contribution in [-0.2, 0) is 10.0 Å². The van der Waals surface area contributed by atoms with E-state index in [4.69, 9.17) is 4.74 Å². The first-order valence-electron chi connectivity index (χ1n) is 9.83. The maximum atomic E-state index is 13.2. The molecule has 0 amide bonds. The third kappa shape index (κ3) is 4.13. The van der Waals surface area contributed by atoms with E-state index in [0.29, 0.717) is 22.3 Å². The second-order valence-corrected chi connectivity index (χ2v) is 9.05. The summed E-state index contributed by atoms with van der Waals surface area (Å²) in [5.74, 6) is 0.565. The fraction of sp³-hybridized carbons (Fsp3) is 0.120. The average Bonchev–Trinajstić information content (AvgIpc) is 2.79. The quantitative estimate of drug-likeness (QED) is 0.452. The standard InChI is InChI=1S/C25H23NO4S/c1-17-12-14-19(15-13-17)31(28,29)26-24(18-8-4-3-5-9-18)22-16-23(30-2)20-10-6-7-11-21(20)25(22)27/h3-16,24,26-27H,1-2H3/t24-/m0/s1. The molecule has 4 aromatic carbocycles. The minimum atomic E-state index is -3.86. The molecular formula is C25H23NO4S. The van der Waals surface area contributed by atoms with E-state index in [1.807, 2.05) is 55.5 Å². The van der Waals surface area contributed by atoms with Crippen LogP contribution in [0.4, 0.5) is 0 Å². The topological polar surface area (TPSA) is 75.6 Å². The van der Waals surface area contributed by atoms with Crippen molar-refractivity contribution in [2.45, 2.75) is 17.9 Å². The molecule has 0 heterocycles. The van der Waals surface area contributed by atoms with Crippen molar-refractivity contribution in [3.63, 3.8) is 0 Å². The van der Waals surface area contributed by atoms with Crippen molar-refractivity contribution >= 4 is 20.8 Å². The van der Waals surface area contributed by atoms with Crippen LogP contribution in [0.5, 0.6) is 11.5 Å². The zero-order chi connectivity index (χ0) is 22.0. The van der Waals surface area contributed by atoms with Crippen LogP contribution < -0.4 is 9.46 Å². The Kier molecular flexibility index (Phi) is 5.67. The van der Waals surface area contributed by atoms with Crippen LogP contribution in [0.3, 0.4) is 0 Å². The van der Waals surface area contributed by atoms with Gasteiger partial charge in [-0.25, -0.2) is 8.42 Å². The Morgan fingerprint density at radius 3 is 2.13 bits per heavy atom. The van der Waals surface area contributed by atoms with Crippen LogP contribution in [0.2, 0.25) is 0 Å². The summed E-state index contributed by atoms with van der Waals surface area (Å²) in [6.45, 7) is 1.90. The summed E-state index contributed by atoms with van der Waals surface area (Å²) < 4.78 is 34.7. The predicted molar refractivity (Wildman–Crippen MR) is 122 cm³/mol. The molecule has 4 rings (SSSR count). The number of aromatic hydroxyl groups is 1. The van der Waals surface area contributed by atoms with Crippen LogP contribution in [0.25, 0.3) is 10.8 Å². The van der Waals surface area contributed by atoms with E-state index >= 15 is 0 Å². The molecule has 0 aromatic heterocycles. The van der Waals surface area contributed by atoms with Crippen molar-refractivity contribution in [2.24, 2.45) is 0 Å². The number of aryl methyl sites for hydroxylation is 1. The zero-order valence-corrected chi connectivity index (χ0v) is 18.1. The van der Waals surface area contributed by atoms with Gasteiger partial charge in [-0.05, 0) is 30.7 Å². The molecule has 5 nitrogen and oxygen atoms in total. The minimum absolute atomic E-state index is 0.0110. The third-order valence-corrected chi connectivity index (χ3v) is 6.71. The van der Waals surface area contributed by atoms with Gasteiger partial charge >= 0.3 is 0 Å². The lowest BCUT2D eigenvalue weighted by Crippen LogP contribution is -2.29. The van der Waals surface area contributed by atoms with Gasteiger partial charge in [0.1, 0.15) is 11.5 Å². The largest absolute Gasteiger partial charge is 0.507 e. The zero-order valence-electron chi connectivity index (χ0n) is 17.2. The van der Waals surface area contributed by atoms with Crippen molar-refractivity contribution in [2.75, 3.05) is 7.11 Å². The molecular weight excluding hydrogens is 410 g/mol. The molecule has 0 unspecified atom stereocenters. The van der Waals surface area contributed by atoms with E-state index in [9.17, 15) is 13.5 Å². The van der Waals surface area contributed by atoms with Crippen molar-refractivity contribution in [1.29, 1.82) is 0 Å². The van der Waals surface area contributed by atoms with E-state index in [1.54, 1.807) is 43.5 Å². The molecule has 0 aliphatic rings. The van der Waals surface area contributed by atoms with Gasteiger partial charge in [0.25, 0.3) is 0 Å². The van der Waals surface area contributed by atoms with Gasteiger partial charge in [0.2, 0.25) is 10.0 Å². The number of nitrogens with one attached hydrogen (secondary N) is 1. The first-order valence-corrected chi connectivity index (χ1v) is 11.3. The Hall–Kier alpha value is -3.35. The van der Waals surface area contributed by atoms with E-state index < -0.39 is 16.1 Å². The number of hydrogen-bond donors (Lipinski definition) is 2. The highest BCUT2D eigenvalue weighted by atomic mass is 32.2. The van der Waals surface area contributed by atoms with Crippen LogP contribution in [0, 0.1) is 6.92 Å². The lowest BCUT2D eigenvalue weighted by Gasteiger charge is -2.22. The van der Waals surface area contributed by atoms with Gasteiger partial charge in [-0.2, -0.15) is 4.72 Å². The second kappa shape index (κ2) is 8.41. The highest BCUT2D eigenvalue weighted by molar-refractivity contribution is 7.89. The van der Waals surface area contributed by atoms with E-state index in [-0.39, 0.29) is 10.6 Å². The Bertz CT molecular complexity index is 1320. The summed E-state index contributed by atoms with van der Waals surface area (Å²) in [5, 5.41) is 12.5. The number of phenolic OH excluding ortho intramolecular Hbond substituents is 1. The van der Waals surface area contributed by atoms with Gasteiger partial charge < -0.3 is 9.84 Å². The van der Waals surface area contributed by atoms with E-state index in [0.717, 1.165) is 10.9 Å². The van der Waals surface area contributed by atoms with E-state index in [1.165, 1.54) is 0 Å². The number of benzene rings is 4. The maximum absolute atomic E-state index is 13.2. The number of rotatable bonds is 6. The van der Waals surface area contributed by atoms with Crippen molar-refractivity contribution in [3.8, 4) is 11.5 Å². The van der Waals surface area contributed by atoms with Crippen LogP contribution in [-0.4, -0.2) is 20.6 Å². The molecule has 0 saturated heterocycles. The number of sulfonamides is 1. The van der Waals surface area contributed by atoms with Gasteiger partial charge in [-0.3, -0.25) is 0 Å². The maximum Gasteiger partial charge on any atom is 0.241 e. The Morgan fingerprint density at radius 2 is 1.48 bits per heavy atom. The summed E-state index contributed by atoms with van der Waals surface area (Å²) >= 11 is 0. The highest BCUT2D eigenvalue weighted by Gasteiger charge is 2.27. The molecule has 2 N–H and O–H groups in total. The molecule has 4 aromatic rings. The Balaban J connectivity index is 1.89. The molecule has 158 valence electrons. The molecule has 0 saturated carbocycles. The highest BCUT2D eigenvalue weighted by Crippen LogP contribution is 2.41. The molecule has 1 atom stereocenters. The third-order valence-electron chi connectivity index (χ3n) is 5.28. The van der Waals surface area contributed by atoms with Crippen LogP contribution >= 0.6 is 0 Å². The van der Waals surface area contributed by atoms with E-state index in [2.05, 4.69) is 4.72 Å². The lowest BCUT2D eigenvalue weighted by atomic mass is 9.95. The lowest BCUT2D eigenvalue weighted by molar-refractivity contribution is 0.416. The molecule has 0 spiro atoms. The predicted octanol–water partition coefficient (Wildman–Crippen LogP) is 4.93. The monoisotopic (exact) mass is 433 g/mol. The van der Waals surface area contributed by atoms with Crippen molar-refractivity contribution < 1.29 is 18.3 Å². The van der Waals surface area contributed by atoms with Crippen molar-refractivity contribution in [1.82, 2.24) is 4.72 Å². The average molecular weight is 434 g/mol. The molecule has 31 heavy (non-hydrogen) atoms. The Morgan fingerprint density at radius 1 is 0.871 bits per heavy atom. The summed E-state index contributed by atoms with van der Waals surface area (Å²) in [4.78, 5) is 0.159. The molecule has 0 bridgehead atoms. The molecule has 0 aliphatic heterocycles. The first kappa shape index (κ1) is 20.9. The molecule has 0 aliphatic carbocycles. The summed E-state index contributed by atoms with van der Waals surface area (Å²) in [7, 11) is -2.31. The molecule has 0 fully saturated rings. The first-order chi connectivity index (χ1) is 14.9. The molecule has 0 radical (unpaired) electrons.